The molecule has 4 nitrogen and oxygen atoms in total. The molecule has 0 amide bonds. The molecule has 0 bridgehead atoms. The predicted molar refractivity (Wildman–Crippen MR) is 78.6 cm³/mol. The molecule has 2 N–H and O–H groups in total. The molecule has 0 unspecified atom stereocenters. The van der Waals surface area contributed by atoms with E-state index < -0.39 is 10.0 Å². The zero-order valence-electron chi connectivity index (χ0n) is 11.0. The second-order valence-electron chi connectivity index (χ2n) is 4.11. The van der Waals surface area contributed by atoms with Gasteiger partial charge >= 0.3 is 0 Å². The molecule has 19 heavy (non-hydrogen) atoms. The summed E-state index contributed by atoms with van der Waals surface area (Å²) in [6, 6.07) is 4.60. The van der Waals surface area contributed by atoms with Crippen LogP contribution in [0.5, 0.6) is 0 Å². The first-order valence-corrected chi connectivity index (χ1v) is 7.88. The summed E-state index contributed by atoms with van der Waals surface area (Å²) >= 11 is 5.94. The second kappa shape index (κ2) is 7.05. The normalized spacial score (nSPS) is 11.8. The lowest BCUT2D eigenvalue weighted by atomic mass is 10.2. The van der Waals surface area contributed by atoms with Crippen molar-refractivity contribution in [1.29, 1.82) is 0 Å². The monoisotopic (exact) mass is 302 g/mol. The first-order valence-electron chi connectivity index (χ1n) is 6.06. The summed E-state index contributed by atoms with van der Waals surface area (Å²) < 4.78 is 26.4. The van der Waals surface area contributed by atoms with Gasteiger partial charge in [0.15, 0.2) is 0 Å². The second-order valence-corrected chi connectivity index (χ2v) is 6.45. The van der Waals surface area contributed by atoms with Gasteiger partial charge in [0.05, 0.1) is 4.90 Å². The van der Waals surface area contributed by atoms with Gasteiger partial charge in [-0.15, -0.1) is 6.58 Å². The first-order chi connectivity index (χ1) is 8.97. The molecule has 0 saturated heterocycles. The first kappa shape index (κ1) is 16.2. The van der Waals surface area contributed by atoms with Crippen molar-refractivity contribution >= 4 is 21.6 Å². The highest BCUT2D eigenvalue weighted by Crippen LogP contribution is 2.22. The van der Waals surface area contributed by atoms with Crippen LogP contribution in [-0.2, 0) is 16.6 Å². The van der Waals surface area contributed by atoms with Crippen LogP contribution in [0.15, 0.2) is 35.7 Å². The van der Waals surface area contributed by atoms with Crippen LogP contribution in [0, 0.1) is 0 Å². The summed E-state index contributed by atoms with van der Waals surface area (Å²) in [6.45, 7) is 6.47. The average molecular weight is 303 g/mol. The summed E-state index contributed by atoms with van der Waals surface area (Å²) in [5.41, 5.74) is 6.17. The number of nitrogens with two attached hydrogens (primary N) is 1. The third-order valence-corrected chi connectivity index (χ3v) is 4.91. The Kier molecular flexibility index (Phi) is 6.00. The molecule has 106 valence electrons. The highest BCUT2D eigenvalue weighted by molar-refractivity contribution is 7.89. The maximum Gasteiger partial charge on any atom is 0.243 e. The molecular weight excluding hydrogens is 284 g/mol. The van der Waals surface area contributed by atoms with Gasteiger partial charge in [-0.25, -0.2) is 8.42 Å². The minimum atomic E-state index is -3.53. The van der Waals surface area contributed by atoms with E-state index in [0.29, 0.717) is 17.1 Å². The van der Waals surface area contributed by atoms with E-state index in [1.807, 2.05) is 6.92 Å². The van der Waals surface area contributed by atoms with E-state index in [1.54, 1.807) is 12.1 Å². The van der Waals surface area contributed by atoms with E-state index in [4.69, 9.17) is 17.3 Å². The third-order valence-electron chi connectivity index (χ3n) is 2.68. The molecule has 1 rings (SSSR count). The number of hydrogen-bond donors (Lipinski definition) is 1. The Bertz CT molecular complexity index is 544. The van der Waals surface area contributed by atoms with Gasteiger partial charge in [0.1, 0.15) is 0 Å². The van der Waals surface area contributed by atoms with Crippen molar-refractivity contribution in [1.82, 2.24) is 4.31 Å². The molecule has 0 aliphatic rings. The van der Waals surface area contributed by atoms with Crippen molar-refractivity contribution in [2.45, 2.75) is 24.8 Å². The van der Waals surface area contributed by atoms with Crippen molar-refractivity contribution in [3.05, 3.63) is 41.4 Å². The van der Waals surface area contributed by atoms with Gasteiger partial charge in [0, 0.05) is 24.7 Å². The lowest BCUT2D eigenvalue weighted by Crippen LogP contribution is -2.32. The lowest BCUT2D eigenvalue weighted by molar-refractivity contribution is 0.441. The molecule has 0 heterocycles. The van der Waals surface area contributed by atoms with Gasteiger partial charge in [-0.05, 0) is 30.2 Å². The van der Waals surface area contributed by atoms with Crippen LogP contribution >= 0.6 is 11.6 Å². The van der Waals surface area contributed by atoms with Crippen LogP contribution < -0.4 is 5.73 Å². The molecule has 0 atom stereocenters. The Morgan fingerprint density at radius 1 is 1.47 bits per heavy atom. The molecule has 6 heteroatoms. The van der Waals surface area contributed by atoms with Gasteiger partial charge in [-0.2, -0.15) is 4.31 Å². The highest BCUT2D eigenvalue weighted by Gasteiger charge is 2.23. The van der Waals surface area contributed by atoms with Gasteiger partial charge in [-0.3, -0.25) is 0 Å². The highest BCUT2D eigenvalue weighted by atomic mass is 35.5. The summed E-state index contributed by atoms with van der Waals surface area (Å²) in [5, 5.41) is 0.479. The van der Waals surface area contributed by atoms with Crippen LogP contribution in [0.4, 0.5) is 0 Å². The quantitative estimate of drug-likeness (QED) is 0.787. The number of nitrogens with zero attached hydrogens (tertiary/aromatic N) is 1. The molecular formula is C13H19ClN2O2S. The minimum absolute atomic E-state index is 0.206. The number of benzene rings is 1. The summed E-state index contributed by atoms with van der Waals surface area (Å²) in [5.74, 6) is 0. The van der Waals surface area contributed by atoms with Gasteiger partial charge in [-0.1, -0.05) is 24.6 Å². The van der Waals surface area contributed by atoms with Crippen LogP contribution in [-0.4, -0.2) is 25.8 Å². The Hall–Kier alpha value is -0.880. The molecule has 0 fully saturated rings. The largest absolute Gasteiger partial charge is 0.326 e. The third kappa shape index (κ3) is 3.79. The van der Waals surface area contributed by atoms with Crippen LogP contribution in [0.25, 0.3) is 0 Å². The summed E-state index contributed by atoms with van der Waals surface area (Å²) in [6.07, 6.45) is 2.32. The maximum absolute atomic E-state index is 12.5. The smallest absolute Gasteiger partial charge is 0.243 e. The number of halogens is 1. The number of sulfonamides is 1. The molecule has 0 radical (unpaired) electrons. The van der Waals surface area contributed by atoms with Crippen molar-refractivity contribution in [2.75, 3.05) is 13.1 Å². The van der Waals surface area contributed by atoms with E-state index in [1.165, 1.54) is 16.4 Å². The maximum atomic E-state index is 12.5. The molecule has 0 saturated carbocycles. The van der Waals surface area contributed by atoms with E-state index in [2.05, 4.69) is 6.58 Å². The zero-order chi connectivity index (χ0) is 14.5. The summed E-state index contributed by atoms with van der Waals surface area (Å²) in [4.78, 5) is 0.215. The SMILES string of the molecule is C=CCN(CCC)S(=O)(=O)c1ccc(Cl)c(CN)c1. The molecule has 0 aliphatic heterocycles. The Labute approximate surface area is 119 Å². The number of rotatable bonds is 7. The van der Waals surface area contributed by atoms with Crippen LogP contribution in [0.3, 0.4) is 0 Å². The standard InChI is InChI=1S/C13H19ClN2O2S/c1-3-7-16(8-4-2)19(17,18)12-5-6-13(14)11(9-12)10-15/h3,5-6,9H,1,4,7-8,10,15H2,2H3. The minimum Gasteiger partial charge on any atom is -0.326 e. The zero-order valence-corrected chi connectivity index (χ0v) is 12.5. The van der Waals surface area contributed by atoms with Crippen LogP contribution in [0.2, 0.25) is 5.02 Å². The molecule has 0 aromatic heterocycles. The molecule has 0 aliphatic carbocycles. The van der Waals surface area contributed by atoms with E-state index in [9.17, 15) is 8.42 Å². The van der Waals surface area contributed by atoms with Crippen molar-refractivity contribution < 1.29 is 8.42 Å². The van der Waals surface area contributed by atoms with Gasteiger partial charge in [0.25, 0.3) is 0 Å². The van der Waals surface area contributed by atoms with E-state index in [-0.39, 0.29) is 18.0 Å². The van der Waals surface area contributed by atoms with E-state index in [0.717, 1.165) is 6.42 Å². The fraction of sp³-hybridized carbons (Fsp3) is 0.385. The molecule has 0 spiro atoms. The Morgan fingerprint density at radius 3 is 2.68 bits per heavy atom. The predicted octanol–water partition coefficient (Wildman–Crippen LogP) is 2.39. The van der Waals surface area contributed by atoms with Crippen molar-refractivity contribution in [3.8, 4) is 0 Å². The Balaban J connectivity index is 3.20. The van der Waals surface area contributed by atoms with Crippen molar-refractivity contribution in [2.24, 2.45) is 5.73 Å². The van der Waals surface area contributed by atoms with Crippen molar-refractivity contribution in [3.63, 3.8) is 0 Å². The van der Waals surface area contributed by atoms with Gasteiger partial charge < -0.3 is 5.73 Å². The molecule has 1 aromatic rings. The number of hydrogen-bond acceptors (Lipinski definition) is 3. The Morgan fingerprint density at radius 2 is 2.16 bits per heavy atom. The molecule has 1 aromatic carbocycles. The fourth-order valence-corrected chi connectivity index (χ4v) is 3.47. The fourth-order valence-electron chi connectivity index (χ4n) is 1.72. The van der Waals surface area contributed by atoms with Crippen LogP contribution in [0.1, 0.15) is 18.9 Å². The summed E-state index contributed by atoms with van der Waals surface area (Å²) in [7, 11) is -3.53. The topological polar surface area (TPSA) is 63.4 Å². The average Bonchev–Trinajstić information content (AvgIpc) is 2.38. The lowest BCUT2D eigenvalue weighted by Gasteiger charge is -2.20. The van der Waals surface area contributed by atoms with E-state index >= 15 is 0 Å². The van der Waals surface area contributed by atoms with Gasteiger partial charge in [0.2, 0.25) is 10.0 Å².